The van der Waals surface area contributed by atoms with Crippen molar-refractivity contribution in [3.8, 4) is 5.75 Å². The molecule has 2 aromatic heterocycles. The maximum Gasteiger partial charge on any atom is 0.254 e. The van der Waals surface area contributed by atoms with Crippen molar-refractivity contribution < 1.29 is 9.53 Å². The van der Waals surface area contributed by atoms with Crippen LogP contribution in [0.25, 0.3) is 11.0 Å². The highest BCUT2D eigenvalue weighted by atomic mass is 16.5. The first kappa shape index (κ1) is 22.7. The molecule has 3 heterocycles. The molecule has 0 bridgehead atoms. The molecule has 0 spiro atoms. The second-order valence-corrected chi connectivity index (χ2v) is 10.6. The van der Waals surface area contributed by atoms with Crippen LogP contribution >= 0.6 is 0 Å². The van der Waals surface area contributed by atoms with Crippen LogP contribution in [0.15, 0.2) is 30.3 Å². The van der Waals surface area contributed by atoms with Crippen molar-refractivity contribution >= 4 is 22.6 Å². The summed E-state index contributed by atoms with van der Waals surface area (Å²) in [6, 6.07) is 10.2. The predicted molar refractivity (Wildman–Crippen MR) is 135 cm³/mol. The van der Waals surface area contributed by atoms with Crippen LogP contribution in [-0.4, -0.2) is 58.9 Å². The maximum absolute atomic E-state index is 13.9. The summed E-state index contributed by atoms with van der Waals surface area (Å²) < 4.78 is 7.29. The standard InChI is InChI=1S/C27H35N5O2/c1-18-24-22(17-23(19-7-8-19)28-25(24)32(29-18)27(2,3)4)26(33)31-14-6-13-30(15-16-31)20-9-11-21(34-5)12-10-20/h9-12,17,19H,6-8,13-16H2,1-5H3. The van der Waals surface area contributed by atoms with Gasteiger partial charge in [0, 0.05) is 43.5 Å². The predicted octanol–water partition coefficient (Wildman–Crippen LogP) is 4.73. The number of anilines is 1. The summed E-state index contributed by atoms with van der Waals surface area (Å²) in [5, 5.41) is 5.72. The van der Waals surface area contributed by atoms with Crippen molar-refractivity contribution in [2.24, 2.45) is 0 Å². The van der Waals surface area contributed by atoms with Gasteiger partial charge in [-0.3, -0.25) is 4.79 Å². The van der Waals surface area contributed by atoms with E-state index in [9.17, 15) is 4.79 Å². The van der Waals surface area contributed by atoms with E-state index in [1.54, 1.807) is 7.11 Å². The Balaban J connectivity index is 1.45. The zero-order valence-electron chi connectivity index (χ0n) is 21.0. The van der Waals surface area contributed by atoms with Gasteiger partial charge in [0.2, 0.25) is 0 Å². The number of fused-ring (bicyclic) bond motifs is 1. The number of methoxy groups -OCH3 is 1. The number of aromatic nitrogens is 3. The molecule has 180 valence electrons. The van der Waals surface area contributed by atoms with Gasteiger partial charge < -0.3 is 14.5 Å². The molecule has 5 rings (SSSR count). The highest BCUT2D eigenvalue weighted by Gasteiger charge is 2.32. The third kappa shape index (κ3) is 4.24. The van der Waals surface area contributed by atoms with Gasteiger partial charge in [-0.15, -0.1) is 0 Å². The fourth-order valence-electron chi connectivity index (χ4n) is 4.88. The molecule has 1 saturated heterocycles. The number of rotatable bonds is 4. The van der Waals surface area contributed by atoms with Gasteiger partial charge in [0.25, 0.3) is 5.91 Å². The second kappa shape index (κ2) is 8.60. The van der Waals surface area contributed by atoms with Gasteiger partial charge >= 0.3 is 0 Å². The number of nitrogens with zero attached hydrogens (tertiary/aromatic N) is 5. The first-order chi connectivity index (χ1) is 16.3. The molecule has 1 aliphatic heterocycles. The van der Waals surface area contributed by atoms with Crippen molar-refractivity contribution in [1.82, 2.24) is 19.7 Å². The first-order valence-corrected chi connectivity index (χ1v) is 12.4. The van der Waals surface area contributed by atoms with E-state index in [0.717, 1.165) is 72.6 Å². The summed E-state index contributed by atoms with van der Waals surface area (Å²) in [5.41, 5.74) is 4.47. The molecule has 1 saturated carbocycles. The fraction of sp³-hybridized carbons (Fsp3) is 0.519. The summed E-state index contributed by atoms with van der Waals surface area (Å²) in [7, 11) is 1.68. The average Bonchev–Trinajstić information content (AvgIpc) is 3.64. The van der Waals surface area contributed by atoms with Crippen LogP contribution in [0.3, 0.4) is 0 Å². The van der Waals surface area contributed by atoms with E-state index in [0.29, 0.717) is 12.5 Å². The van der Waals surface area contributed by atoms with E-state index in [-0.39, 0.29) is 11.4 Å². The van der Waals surface area contributed by atoms with Crippen LogP contribution in [0.5, 0.6) is 5.75 Å². The van der Waals surface area contributed by atoms with Crippen LogP contribution in [0.1, 0.15) is 67.7 Å². The molecule has 3 aromatic rings. The van der Waals surface area contributed by atoms with Crippen LogP contribution in [0, 0.1) is 6.92 Å². The van der Waals surface area contributed by atoms with E-state index >= 15 is 0 Å². The zero-order valence-corrected chi connectivity index (χ0v) is 21.0. The van der Waals surface area contributed by atoms with Crippen LogP contribution < -0.4 is 9.64 Å². The van der Waals surface area contributed by atoms with E-state index in [1.165, 1.54) is 5.69 Å². The maximum atomic E-state index is 13.9. The monoisotopic (exact) mass is 461 g/mol. The fourth-order valence-corrected chi connectivity index (χ4v) is 4.88. The van der Waals surface area contributed by atoms with Crippen molar-refractivity contribution in [3.63, 3.8) is 0 Å². The lowest BCUT2D eigenvalue weighted by atomic mass is 10.1. The van der Waals surface area contributed by atoms with Gasteiger partial charge in [-0.2, -0.15) is 5.10 Å². The zero-order chi connectivity index (χ0) is 24.0. The minimum Gasteiger partial charge on any atom is -0.497 e. The van der Waals surface area contributed by atoms with Gasteiger partial charge in [0.05, 0.1) is 29.3 Å². The molecule has 1 aliphatic carbocycles. The highest BCUT2D eigenvalue weighted by molar-refractivity contribution is 6.06. The number of carbonyl (C=O) groups is 1. The number of benzene rings is 1. The summed E-state index contributed by atoms with van der Waals surface area (Å²) in [5.74, 6) is 1.42. The Morgan fingerprint density at radius 2 is 1.79 bits per heavy atom. The molecular formula is C27H35N5O2. The van der Waals surface area contributed by atoms with E-state index in [4.69, 9.17) is 14.8 Å². The molecule has 7 heteroatoms. The third-order valence-corrected chi connectivity index (χ3v) is 6.91. The third-order valence-electron chi connectivity index (χ3n) is 6.91. The molecule has 34 heavy (non-hydrogen) atoms. The van der Waals surface area contributed by atoms with Gasteiger partial charge in [0.1, 0.15) is 5.75 Å². The van der Waals surface area contributed by atoms with Crippen LogP contribution in [-0.2, 0) is 5.54 Å². The lowest BCUT2D eigenvalue weighted by molar-refractivity contribution is 0.0768. The molecular weight excluding hydrogens is 426 g/mol. The SMILES string of the molecule is COc1ccc(N2CCCN(C(=O)c3cc(C4CC4)nc4c3c(C)nn4C(C)(C)C)CC2)cc1. The highest BCUT2D eigenvalue weighted by Crippen LogP contribution is 2.41. The minimum absolute atomic E-state index is 0.0995. The largest absolute Gasteiger partial charge is 0.497 e. The minimum atomic E-state index is -0.205. The Bertz CT molecular complexity index is 1200. The Morgan fingerprint density at radius 1 is 1.06 bits per heavy atom. The number of hydrogen-bond donors (Lipinski definition) is 0. The Morgan fingerprint density at radius 3 is 2.44 bits per heavy atom. The molecule has 1 amide bonds. The number of carbonyl (C=O) groups excluding carboxylic acids is 1. The van der Waals surface area contributed by atoms with Crippen molar-refractivity contribution in [1.29, 1.82) is 0 Å². The summed E-state index contributed by atoms with van der Waals surface area (Å²) >= 11 is 0. The summed E-state index contributed by atoms with van der Waals surface area (Å²) in [6.07, 6.45) is 3.23. The van der Waals surface area contributed by atoms with E-state index in [2.05, 4.69) is 43.9 Å². The molecule has 0 N–H and O–H groups in total. The molecule has 1 aromatic carbocycles. The summed E-state index contributed by atoms with van der Waals surface area (Å²) in [4.78, 5) is 23.3. The van der Waals surface area contributed by atoms with Crippen molar-refractivity contribution in [2.45, 2.75) is 58.4 Å². The van der Waals surface area contributed by atoms with E-state index in [1.807, 2.05) is 28.6 Å². The smallest absolute Gasteiger partial charge is 0.254 e. The molecule has 0 atom stereocenters. The van der Waals surface area contributed by atoms with Crippen molar-refractivity contribution in [2.75, 3.05) is 38.2 Å². The average molecular weight is 462 g/mol. The second-order valence-electron chi connectivity index (χ2n) is 10.6. The number of ether oxygens (including phenoxy) is 1. The van der Waals surface area contributed by atoms with E-state index < -0.39 is 0 Å². The molecule has 0 unspecified atom stereocenters. The Labute approximate surface area is 201 Å². The van der Waals surface area contributed by atoms with Crippen LogP contribution in [0.4, 0.5) is 5.69 Å². The number of aryl methyl sites for hydroxylation is 1. The topological polar surface area (TPSA) is 63.5 Å². The normalized spacial score (nSPS) is 17.2. The lowest BCUT2D eigenvalue weighted by Gasteiger charge is -2.24. The van der Waals surface area contributed by atoms with Crippen LogP contribution in [0.2, 0.25) is 0 Å². The van der Waals surface area contributed by atoms with Gasteiger partial charge in [0.15, 0.2) is 5.65 Å². The molecule has 0 radical (unpaired) electrons. The van der Waals surface area contributed by atoms with Gasteiger partial charge in [-0.05, 0) is 77.3 Å². The summed E-state index contributed by atoms with van der Waals surface area (Å²) in [6.45, 7) is 11.6. The lowest BCUT2D eigenvalue weighted by Crippen LogP contribution is -2.35. The molecule has 2 fully saturated rings. The van der Waals surface area contributed by atoms with Gasteiger partial charge in [-0.25, -0.2) is 9.67 Å². The molecule has 2 aliphatic rings. The first-order valence-electron chi connectivity index (χ1n) is 12.4. The number of hydrogen-bond acceptors (Lipinski definition) is 5. The number of pyridine rings is 1. The van der Waals surface area contributed by atoms with Gasteiger partial charge in [-0.1, -0.05) is 0 Å². The van der Waals surface area contributed by atoms with Crippen molar-refractivity contribution in [3.05, 3.63) is 47.3 Å². The number of amides is 1. The Kier molecular flexibility index (Phi) is 5.74. The molecule has 7 nitrogen and oxygen atoms in total. The quantitative estimate of drug-likeness (QED) is 0.562. The Hall–Kier alpha value is -3.09.